The molecule has 0 aromatic carbocycles. The highest BCUT2D eigenvalue weighted by Crippen LogP contribution is 2.06. The molecule has 0 aromatic heterocycles. The van der Waals surface area contributed by atoms with Gasteiger partial charge in [-0.1, -0.05) is 12.5 Å². The van der Waals surface area contributed by atoms with Crippen molar-refractivity contribution in [2.24, 2.45) is 0 Å². The number of aliphatic hydroxyl groups excluding tert-OH is 1. The normalized spacial score (nSPS) is 9.62. The van der Waals surface area contributed by atoms with Gasteiger partial charge in [-0.15, -0.1) is 0 Å². The zero-order valence-electron chi connectivity index (χ0n) is 8.92. The van der Waals surface area contributed by atoms with Crippen LogP contribution < -0.4 is 0 Å². The third-order valence-electron chi connectivity index (χ3n) is 1.93. The second kappa shape index (κ2) is 5.75. The minimum Gasteiger partial charge on any atom is -0.391 e. The minimum absolute atomic E-state index is 0.0654. The van der Waals surface area contributed by atoms with E-state index in [1.54, 1.807) is 11.9 Å². The minimum atomic E-state index is -0.171. The summed E-state index contributed by atoms with van der Waals surface area (Å²) in [5.74, 6) is -0.0654. The Morgan fingerprint density at radius 1 is 1.38 bits per heavy atom. The number of amides is 1. The molecule has 1 N–H and O–H groups in total. The maximum absolute atomic E-state index is 11.6. The molecular formula is C10H19NO2. The Bertz CT molecular complexity index is 205. The molecule has 0 heterocycles. The molecule has 0 aliphatic heterocycles. The van der Waals surface area contributed by atoms with Crippen molar-refractivity contribution >= 4 is 5.91 Å². The number of carbonyl (C=O) groups is 1. The fourth-order valence-corrected chi connectivity index (χ4v) is 1.11. The molecular weight excluding hydrogens is 166 g/mol. The third kappa shape index (κ3) is 3.59. The lowest BCUT2D eigenvalue weighted by Crippen LogP contribution is -2.30. The van der Waals surface area contributed by atoms with Crippen LogP contribution >= 0.6 is 0 Å². The van der Waals surface area contributed by atoms with Gasteiger partial charge in [0.25, 0.3) is 5.91 Å². The fraction of sp³-hybridized carbons (Fsp3) is 0.700. The van der Waals surface area contributed by atoms with Gasteiger partial charge in [-0.2, -0.15) is 0 Å². The highest BCUT2D eigenvalue weighted by atomic mass is 16.3. The van der Waals surface area contributed by atoms with Gasteiger partial charge in [-0.25, -0.2) is 0 Å². The largest absolute Gasteiger partial charge is 0.391 e. The summed E-state index contributed by atoms with van der Waals surface area (Å²) in [6.45, 7) is 6.25. The van der Waals surface area contributed by atoms with Crippen molar-refractivity contribution in [2.45, 2.75) is 27.2 Å². The summed E-state index contributed by atoms with van der Waals surface area (Å²) in [7, 11) is 1.75. The van der Waals surface area contributed by atoms with E-state index in [1.807, 2.05) is 20.8 Å². The Kier molecular flexibility index (Phi) is 5.39. The van der Waals surface area contributed by atoms with Crippen molar-refractivity contribution in [1.82, 2.24) is 4.90 Å². The number of likely N-dealkylation sites (N-methyl/N-ethyl adjacent to an activating group) is 1. The Labute approximate surface area is 80.0 Å². The molecule has 0 aromatic rings. The average molecular weight is 185 g/mol. The molecule has 0 aliphatic carbocycles. The Morgan fingerprint density at radius 2 is 1.92 bits per heavy atom. The van der Waals surface area contributed by atoms with Crippen LogP contribution in [0.25, 0.3) is 0 Å². The highest BCUT2D eigenvalue weighted by molar-refractivity contribution is 5.94. The summed E-state index contributed by atoms with van der Waals surface area (Å²) in [6.07, 6.45) is 0.934. The predicted molar refractivity (Wildman–Crippen MR) is 53.4 cm³/mol. The lowest BCUT2D eigenvalue weighted by Gasteiger charge is -2.18. The predicted octanol–water partition coefficient (Wildman–Crippen LogP) is 1.18. The van der Waals surface area contributed by atoms with E-state index in [2.05, 4.69) is 0 Å². The topological polar surface area (TPSA) is 40.5 Å². The second-order valence-electron chi connectivity index (χ2n) is 3.36. The summed E-state index contributed by atoms with van der Waals surface area (Å²) in [5, 5.41) is 8.98. The van der Waals surface area contributed by atoms with E-state index in [4.69, 9.17) is 5.11 Å². The Hall–Kier alpha value is -0.830. The summed E-state index contributed by atoms with van der Waals surface area (Å²) in [5.41, 5.74) is 1.39. The maximum atomic E-state index is 11.6. The zero-order chi connectivity index (χ0) is 10.4. The van der Waals surface area contributed by atoms with E-state index in [-0.39, 0.29) is 12.5 Å². The molecule has 0 saturated carbocycles. The number of hydrogen-bond donors (Lipinski definition) is 1. The smallest absolute Gasteiger partial charge is 0.251 e. The third-order valence-corrected chi connectivity index (χ3v) is 1.93. The van der Waals surface area contributed by atoms with Gasteiger partial charge in [-0.3, -0.25) is 4.79 Å². The molecule has 0 rings (SSSR count). The van der Waals surface area contributed by atoms with Crippen LogP contribution in [0.1, 0.15) is 27.2 Å². The van der Waals surface area contributed by atoms with Gasteiger partial charge in [0, 0.05) is 19.2 Å². The van der Waals surface area contributed by atoms with Crippen molar-refractivity contribution in [3.8, 4) is 0 Å². The van der Waals surface area contributed by atoms with Crippen molar-refractivity contribution in [2.75, 3.05) is 20.2 Å². The second-order valence-corrected chi connectivity index (χ2v) is 3.36. The quantitative estimate of drug-likeness (QED) is 0.668. The maximum Gasteiger partial charge on any atom is 0.251 e. The molecule has 0 spiro atoms. The van der Waals surface area contributed by atoms with Gasteiger partial charge in [-0.05, 0) is 20.3 Å². The van der Waals surface area contributed by atoms with E-state index in [0.717, 1.165) is 18.5 Å². The van der Waals surface area contributed by atoms with Crippen molar-refractivity contribution in [3.05, 3.63) is 11.1 Å². The molecule has 0 saturated heterocycles. The molecule has 1 amide bonds. The van der Waals surface area contributed by atoms with E-state index in [1.165, 1.54) is 0 Å². The summed E-state index contributed by atoms with van der Waals surface area (Å²) in [4.78, 5) is 13.3. The van der Waals surface area contributed by atoms with Crippen LogP contribution in [0.3, 0.4) is 0 Å². The molecule has 76 valence electrons. The summed E-state index contributed by atoms with van der Waals surface area (Å²) >= 11 is 0. The number of rotatable bonds is 4. The monoisotopic (exact) mass is 185 g/mol. The first-order chi connectivity index (χ1) is 6.04. The molecule has 0 bridgehead atoms. The van der Waals surface area contributed by atoms with Gasteiger partial charge in [0.05, 0.1) is 6.61 Å². The molecule has 0 aliphatic rings. The SMILES string of the molecule is CCCN(C)C(=O)C(CO)=C(C)C. The number of aliphatic hydroxyl groups is 1. The first-order valence-electron chi connectivity index (χ1n) is 4.57. The van der Waals surface area contributed by atoms with Crippen LogP contribution in [0.15, 0.2) is 11.1 Å². The van der Waals surface area contributed by atoms with Crippen LogP contribution in [-0.4, -0.2) is 36.1 Å². The molecule has 13 heavy (non-hydrogen) atoms. The van der Waals surface area contributed by atoms with Crippen molar-refractivity contribution < 1.29 is 9.90 Å². The Balaban J connectivity index is 4.48. The van der Waals surface area contributed by atoms with Crippen molar-refractivity contribution in [3.63, 3.8) is 0 Å². The lowest BCUT2D eigenvalue weighted by atomic mass is 10.1. The van der Waals surface area contributed by atoms with Crippen LogP contribution in [0.2, 0.25) is 0 Å². The first-order valence-corrected chi connectivity index (χ1v) is 4.57. The van der Waals surface area contributed by atoms with Gasteiger partial charge in [0.2, 0.25) is 0 Å². The van der Waals surface area contributed by atoms with Crippen LogP contribution in [-0.2, 0) is 4.79 Å². The molecule has 0 radical (unpaired) electrons. The average Bonchev–Trinajstić information content (AvgIpc) is 2.05. The van der Waals surface area contributed by atoms with Gasteiger partial charge >= 0.3 is 0 Å². The zero-order valence-corrected chi connectivity index (χ0v) is 8.92. The number of allylic oxidation sites excluding steroid dienone is 1. The Morgan fingerprint density at radius 3 is 2.23 bits per heavy atom. The van der Waals surface area contributed by atoms with Crippen LogP contribution in [0.5, 0.6) is 0 Å². The van der Waals surface area contributed by atoms with E-state index < -0.39 is 0 Å². The van der Waals surface area contributed by atoms with Crippen LogP contribution in [0.4, 0.5) is 0 Å². The van der Waals surface area contributed by atoms with Gasteiger partial charge < -0.3 is 10.0 Å². The summed E-state index contributed by atoms with van der Waals surface area (Å²) < 4.78 is 0. The van der Waals surface area contributed by atoms with Crippen LogP contribution in [0, 0.1) is 0 Å². The standard InChI is InChI=1S/C10H19NO2/c1-5-6-11(4)10(13)9(7-12)8(2)3/h12H,5-7H2,1-4H3. The van der Waals surface area contributed by atoms with Gasteiger partial charge in [0.15, 0.2) is 0 Å². The molecule has 3 nitrogen and oxygen atoms in total. The van der Waals surface area contributed by atoms with E-state index in [9.17, 15) is 4.79 Å². The van der Waals surface area contributed by atoms with Gasteiger partial charge in [0.1, 0.15) is 0 Å². The number of carbonyl (C=O) groups excluding carboxylic acids is 1. The molecule has 0 atom stereocenters. The fourth-order valence-electron chi connectivity index (χ4n) is 1.11. The molecule has 3 heteroatoms. The summed E-state index contributed by atoms with van der Waals surface area (Å²) in [6, 6.07) is 0. The lowest BCUT2D eigenvalue weighted by molar-refractivity contribution is -0.126. The van der Waals surface area contributed by atoms with Crippen molar-refractivity contribution in [1.29, 1.82) is 0 Å². The number of nitrogens with zero attached hydrogens (tertiary/aromatic N) is 1. The molecule has 0 unspecified atom stereocenters. The highest BCUT2D eigenvalue weighted by Gasteiger charge is 2.13. The number of hydrogen-bond acceptors (Lipinski definition) is 2. The molecule has 0 fully saturated rings. The van der Waals surface area contributed by atoms with E-state index in [0.29, 0.717) is 5.57 Å². The van der Waals surface area contributed by atoms with E-state index >= 15 is 0 Å². The first kappa shape index (κ1) is 12.2.